The molecule has 13 heteroatoms. The Balaban J connectivity index is 1.17. The maximum atomic E-state index is 12.9. The molecule has 0 spiro atoms. The van der Waals surface area contributed by atoms with Crippen LogP contribution in [0.25, 0.3) is 10.2 Å². The fraction of sp³-hybridized carbons (Fsp3) is 0.375. The number of urea groups is 1. The van der Waals surface area contributed by atoms with Crippen LogP contribution in [0.5, 0.6) is 0 Å². The van der Waals surface area contributed by atoms with E-state index in [0.29, 0.717) is 50.2 Å². The van der Waals surface area contributed by atoms with Gasteiger partial charge < -0.3 is 24.0 Å². The third-order valence-corrected chi connectivity index (χ3v) is 8.91. The zero-order chi connectivity index (χ0) is 25.5. The van der Waals surface area contributed by atoms with E-state index in [-0.39, 0.29) is 11.8 Å². The van der Waals surface area contributed by atoms with Gasteiger partial charge in [-0.3, -0.25) is 14.9 Å². The largest absolute Gasteiger partial charge is 0.459 e. The van der Waals surface area contributed by atoms with Crippen LogP contribution >= 0.6 is 23.1 Å². The zero-order valence-electron chi connectivity index (χ0n) is 20.1. The number of thiazole rings is 1. The Hall–Kier alpha value is -3.58. The summed E-state index contributed by atoms with van der Waals surface area (Å²) in [5.74, 6) is 1.22. The number of rotatable bonds is 5. The van der Waals surface area contributed by atoms with Gasteiger partial charge in [-0.25, -0.2) is 14.8 Å². The predicted molar refractivity (Wildman–Crippen MR) is 140 cm³/mol. The normalized spacial score (nSPS) is 21.9. The van der Waals surface area contributed by atoms with Crippen molar-refractivity contribution in [3.05, 3.63) is 48.4 Å². The van der Waals surface area contributed by atoms with Crippen molar-refractivity contribution in [2.24, 2.45) is 4.99 Å². The molecule has 2 fully saturated rings. The smallest absolute Gasteiger partial charge is 0.325 e. The van der Waals surface area contributed by atoms with E-state index in [4.69, 9.17) is 14.4 Å². The lowest BCUT2D eigenvalue weighted by molar-refractivity contribution is -0.127. The van der Waals surface area contributed by atoms with Crippen molar-refractivity contribution in [3.63, 3.8) is 0 Å². The summed E-state index contributed by atoms with van der Waals surface area (Å²) in [4.78, 5) is 54.8. The van der Waals surface area contributed by atoms with Gasteiger partial charge in [0.1, 0.15) is 0 Å². The molecule has 3 aliphatic rings. The number of nitrogens with zero attached hydrogens (tertiary/aromatic N) is 6. The molecule has 3 aromatic rings. The van der Waals surface area contributed by atoms with Crippen LogP contribution in [0, 0.1) is 0 Å². The molecule has 6 rings (SSSR count). The van der Waals surface area contributed by atoms with Crippen LogP contribution < -0.4 is 5.32 Å². The van der Waals surface area contributed by atoms with Gasteiger partial charge in [-0.05, 0) is 24.3 Å². The summed E-state index contributed by atoms with van der Waals surface area (Å²) >= 11 is 3.29. The standard InChI is InChI=1S/C24H25N7O4S2/c1-28-19-18(20(32)27-23(28)34)31(12-14-36-24-25-15-5-2-3-7-17(15)37-24)22(26-19)30-10-8-29(9-11-30)21(33)16-6-4-13-35-16/h2-7,13,18-19H,8-12,14H2,1H3,(H,27,32,34). The summed E-state index contributed by atoms with van der Waals surface area (Å²) in [7, 11) is 1.65. The first-order valence-corrected chi connectivity index (χ1v) is 13.8. The fourth-order valence-corrected chi connectivity index (χ4v) is 6.90. The van der Waals surface area contributed by atoms with Gasteiger partial charge in [0.2, 0.25) is 0 Å². The average Bonchev–Trinajstić information content (AvgIpc) is 3.66. The average molecular weight is 540 g/mol. The summed E-state index contributed by atoms with van der Waals surface area (Å²) in [6, 6.07) is 10.4. The number of fused-ring (bicyclic) bond motifs is 2. The van der Waals surface area contributed by atoms with Crippen molar-refractivity contribution < 1.29 is 18.8 Å². The predicted octanol–water partition coefficient (Wildman–Crippen LogP) is 1.99. The molecule has 11 nitrogen and oxygen atoms in total. The van der Waals surface area contributed by atoms with Crippen molar-refractivity contribution in [1.29, 1.82) is 0 Å². The maximum absolute atomic E-state index is 12.9. The summed E-state index contributed by atoms with van der Waals surface area (Å²) in [6.07, 6.45) is 0.900. The number of imide groups is 1. The van der Waals surface area contributed by atoms with Crippen LogP contribution in [0.15, 0.2) is 56.4 Å². The van der Waals surface area contributed by atoms with Gasteiger partial charge in [-0.2, -0.15) is 0 Å². The van der Waals surface area contributed by atoms with Gasteiger partial charge in [-0.1, -0.05) is 23.9 Å². The minimum Gasteiger partial charge on any atom is -0.459 e. The number of para-hydroxylation sites is 1. The molecule has 0 radical (unpaired) electrons. The summed E-state index contributed by atoms with van der Waals surface area (Å²) in [5.41, 5.74) is 0.979. The number of likely N-dealkylation sites (N-methyl/N-ethyl adjacent to an activating group) is 1. The van der Waals surface area contributed by atoms with E-state index in [1.807, 2.05) is 23.1 Å². The molecule has 37 heavy (non-hydrogen) atoms. The minimum atomic E-state index is -0.601. The molecule has 0 saturated carbocycles. The Bertz CT molecular complexity index is 1330. The number of hydrogen-bond donors (Lipinski definition) is 1. The maximum Gasteiger partial charge on any atom is 0.325 e. The van der Waals surface area contributed by atoms with Crippen molar-refractivity contribution in [2.75, 3.05) is 45.5 Å². The molecule has 192 valence electrons. The topological polar surface area (TPSA) is 115 Å². The minimum absolute atomic E-state index is 0.138. The second kappa shape index (κ2) is 9.71. The zero-order valence-corrected chi connectivity index (χ0v) is 21.7. The highest BCUT2D eigenvalue weighted by molar-refractivity contribution is 8.01. The van der Waals surface area contributed by atoms with E-state index in [1.165, 1.54) is 11.2 Å². The number of benzene rings is 1. The summed E-state index contributed by atoms with van der Waals surface area (Å²) in [5, 5.41) is 2.45. The van der Waals surface area contributed by atoms with E-state index in [2.05, 4.69) is 16.3 Å². The second-order valence-corrected chi connectivity index (χ2v) is 11.3. The van der Waals surface area contributed by atoms with Crippen molar-refractivity contribution in [2.45, 2.75) is 16.5 Å². The molecule has 1 N–H and O–H groups in total. The molecular formula is C24H25N7O4S2. The van der Waals surface area contributed by atoms with E-state index in [9.17, 15) is 14.4 Å². The van der Waals surface area contributed by atoms with E-state index in [1.54, 1.807) is 47.2 Å². The first kappa shape index (κ1) is 23.8. The molecule has 2 atom stereocenters. The van der Waals surface area contributed by atoms with Crippen LogP contribution in [0.2, 0.25) is 0 Å². The third kappa shape index (κ3) is 4.42. The lowest BCUT2D eigenvalue weighted by atomic mass is 10.1. The molecule has 2 aromatic heterocycles. The van der Waals surface area contributed by atoms with Crippen LogP contribution in [0.3, 0.4) is 0 Å². The van der Waals surface area contributed by atoms with Crippen molar-refractivity contribution in [3.8, 4) is 0 Å². The van der Waals surface area contributed by atoms with Gasteiger partial charge >= 0.3 is 6.03 Å². The number of nitrogens with one attached hydrogen (secondary N) is 1. The Kier molecular flexibility index (Phi) is 6.24. The molecule has 0 bridgehead atoms. The molecule has 2 saturated heterocycles. The number of guanidine groups is 1. The number of amides is 4. The third-order valence-electron chi connectivity index (χ3n) is 6.75. The number of carbonyl (C=O) groups is 3. The van der Waals surface area contributed by atoms with E-state index in [0.717, 1.165) is 14.6 Å². The van der Waals surface area contributed by atoms with Gasteiger partial charge in [0.15, 0.2) is 28.3 Å². The first-order chi connectivity index (χ1) is 18.0. The van der Waals surface area contributed by atoms with Gasteiger partial charge in [0, 0.05) is 45.5 Å². The Morgan fingerprint density at radius 3 is 2.73 bits per heavy atom. The molecule has 0 aliphatic carbocycles. The number of piperazine rings is 1. The van der Waals surface area contributed by atoms with Gasteiger partial charge in [-0.15, -0.1) is 11.3 Å². The number of hydrogen-bond acceptors (Lipinski definition) is 10. The van der Waals surface area contributed by atoms with E-state index >= 15 is 0 Å². The SMILES string of the molecule is CN1C(=O)NC(=O)C2C1N=C(N1CCN(C(=O)c3ccco3)CC1)N2CCSc1nc2ccccc2s1. The van der Waals surface area contributed by atoms with Crippen molar-refractivity contribution in [1.82, 2.24) is 29.9 Å². The summed E-state index contributed by atoms with van der Waals surface area (Å²) < 4.78 is 7.38. The lowest BCUT2D eigenvalue weighted by Gasteiger charge is -2.40. The number of thioether (sulfide) groups is 1. The van der Waals surface area contributed by atoms with E-state index < -0.39 is 18.2 Å². The lowest BCUT2D eigenvalue weighted by Crippen LogP contribution is -2.65. The number of aliphatic imine (C=N–C) groups is 1. The Morgan fingerprint density at radius 1 is 1.16 bits per heavy atom. The molecule has 4 amide bonds. The molecule has 2 unspecified atom stereocenters. The first-order valence-electron chi connectivity index (χ1n) is 12.0. The molecule has 3 aliphatic heterocycles. The highest BCUT2D eigenvalue weighted by Crippen LogP contribution is 2.31. The highest BCUT2D eigenvalue weighted by Gasteiger charge is 2.49. The quantitative estimate of drug-likeness (QED) is 0.490. The number of aromatic nitrogens is 1. The van der Waals surface area contributed by atoms with Crippen LogP contribution in [-0.4, -0.2) is 106 Å². The number of furan rings is 1. The monoisotopic (exact) mass is 539 g/mol. The van der Waals surface area contributed by atoms with Crippen LogP contribution in [0.4, 0.5) is 4.79 Å². The van der Waals surface area contributed by atoms with Gasteiger partial charge in [0.05, 0.1) is 16.5 Å². The fourth-order valence-electron chi connectivity index (χ4n) is 4.82. The number of carbonyl (C=O) groups excluding carboxylic acids is 3. The van der Waals surface area contributed by atoms with Crippen LogP contribution in [0.1, 0.15) is 10.6 Å². The molecule has 5 heterocycles. The highest BCUT2D eigenvalue weighted by atomic mass is 32.2. The summed E-state index contributed by atoms with van der Waals surface area (Å²) in [6.45, 7) is 2.69. The van der Waals surface area contributed by atoms with Crippen molar-refractivity contribution >= 4 is 57.1 Å². The Labute approximate surface area is 221 Å². The molecular weight excluding hydrogens is 514 g/mol. The second-order valence-electron chi connectivity index (χ2n) is 8.94. The Morgan fingerprint density at radius 2 is 1.97 bits per heavy atom. The van der Waals surface area contributed by atoms with Crippen LogP contribution in [-0.2, 0) is 4.79 Å². The van der Waals surface area contributed by atoms with Gasteiger partial charge in [0.25, 0.3) is 11.8 Å². The molecule has 1 aromatic carbocycles.